The number of hydrogen-bond donors (Lipinski definition) is 1. The molecule has 7 heteroatoms. The van der Waals surface area contributed by atoms with Gasteiger partial charge in [-0.05, 0) is 48.7 Å². The predicted molar refractivity (Wildman–Crippen MR) is 119 cm³/mol. The van der Waals surface area contributed by atoms with Crippen LogP contribution in [-0.4, -0.2) is 47.8 Å². The monoisotopic (exact) mass is 440 g/mol. The van der Waals surface area contributed by atoms with E-state index in [2.05, 4.69) is 0 Å². The van der Waals surface area contributed by atoms with E-state index in [-0.39, 0.29) is 5.91 Å². The molecule has 1 N–H and O–H groups in total. The molecule has 1 aliphatic rings. The maximum atomic E-state index is 13.5. The number of likely N-dealkylation sites (tertiary alicyclic amines) is 1. The molecule has 2 aromatic carbocycles. The summed E-state index contributed by atoms with van der Waals surface area (Å²) in [6.45, 7) is 0.884. The van der Waals surface area contributed by atoms with E-state index < -0.39 is 5.60 Å². The van der Waals surface area contributed by atoms with Crippen LogP contribution in [0.25, 0.3) is 5.69 Å². The molecule has 0 saturated carbocycles. The van der Waals surface area contributed by atoms with E-state index in [0.717, 1.165) is 5.56 Å². The van der Waals surface area contributed by atoms with Crippen LogP contribution in [-0.2, 0) is 5.60 Å². The number of halogens is 1. The number of benzene rings is 2. The van der Waals surface area contributed by atoms with E-state index in [1.807, 2.05) is 41.2 Å². The number of ether oxygens (including phenoxy) is 2. The third-order valence-electron chi connectivity index (χ3n) is 5.87. The van der Waals surface area contributed by atoms with Gasteiger partial charge >= 0.3 is 0 Å². The number of methoxy groups -OCH3 is 2. The first-order valence-corrected chi connectivity index (χ1v) is 10.5. The second-order valence-corrected chi connectivity index (χ2v) is 8.08. The zero-order valence-electron chi connectivity index (χ0n) is 17.5. The number of nitrogens with zero attached hydrogens (tertiary/aromatic N) is 2. The molecular formula is C24H25ClN2O4. The van der Waals surface area contributed by atoms with Crippen LogP contribution < -0.4 is 9.47 Å². The Morgan fingerprint density at radius 1 is 1.00 bits per heavy atom. The first kappa shape index (κ1) is 21.3. The summed E-state index contributed by atoms with van der Waals surface area (Å²) in [4.78, 5) is 15.3. The number of carbonyl (C=O) groups is 1. The standard InChI is InChI=1S/C24H25ClN2O4/c1-30-21-15-19(20(16-22(21)31-2)26-11-3-4-12-26)23(28)27-13-9-24(29,10-14-27)17-5-7-18(25)8-6-17/h3-8,11-12,15-16,29H,9-10,13-14H2,1-2H3. The van der Waals surface area contributed by atoms with Crippen molar-refractivity contribution in [3.8, 4) is 17.2 Å². The Balaban J connectivity index is 1.61. The molecule has 0 bridgehead atoms. The van der Waals surface area contributed by atoms with Gasteiger partial charge in [0.05, 0.1) is 31.1 Å². The Bertz CT molecular complexity index is 1060. The Morgan fingerprint density at radius 2 is 1.58 bits per heavy atom. The van der Waals surface area contributed by atoms with Crippen LogP contribution in [0.15, 0.2) is 60.9 Å². The lowest BCUT2D eigenvalue weighted by Crippen LogP contribution is -2.45. The van der Waals surface area contributed by atoms with E-state index in [4.69, 9.17) is 21.1 Å². The Hall–Kier alpha value is -2.96. The number of aromatic nitrogens is 1. The molecule has 3 aromatic rings. The van der Waals surface area contributed by atoms with Crippen LogP contribution in [0.5, 0.6) is 11.5 Å². The predicted octanol–water partition coefficient (Wildman–Crippen LogP) is 4.27. The fraction of sp³-hybridized carbons (Fsp3) is 0.292. The molecule has 1 aliphatic heterocycles. The number of carbonyl (C=O) groups excluding carboxylic acids is 1. The van der Waals surface area contributed by atoms with Gasteiger partial charge in [0.25, 0.3) is 5.91 Å². The molecule has 1 fully saturated rings. The van der Waals surface area contributed by atoms with E-state index >= 15 is 0 Å². The summed E-state index contributed by atoms with van der Waals surface area (Å²) in [6.07, 6.45) is 4.67. The summed E-state index contributed by atoms with van der Waals surface area (Å²) in [5, 5.41) is 11.8. The maximum absolute atomic E-state index is 13.5. The van der Waals surface area contributed by atoms with Gasteiger partial charge in [-0.25, -0.2) is 0 Å². The highest BCUT2D eigenvalue weighted by Crippen LogP contribution is 2.36. The minimum Gasteiger partial charge on any atom is -0.493 e. The van der Waals surface area contributed by atoms with E-state index in [1.54, 1.807) is 43.4 Å². The summed E-state index contributed by atoms with van der Waals surface area (Å²) >= 11 is 5.98. The van der Waals surface area contributed by atoms with Gasteiger partial charge in [-0.3, -0.25) is 4.79 Å². The van der Waals surface area contributed by atoms with Crippen molar-refractivity contribution in [2.24, 2.45) is 0 Å². The van der Waals surface area contributed by atoms with Crippen molar-refractivity contribution in [3.63, 3.8) is 0 Å². The van der Waals surface area contributed by atoms with Gasteiger partial charge in [-0.1, -0.05) is 23.7 Å². The molecule has 1 aromatic heterocycles. The van der Waals surface area contributed by atoms with E-state index in [0.29, 0.717) is 53.7 Å². The van der Waals surface area contributed by atoms with Crippen molar-refractivity contribution in [2.45, 2.75) is 18.4 Å². The summed E-state index contributed by atoms with van der Waals surface area (Å²) in [7, 11) is 3.12. The van der Waals surface area contributed by atoms with Crippen LogP contribution in [0.1, 0.15) is 28.8 Å². The van der Waals surface area contributed by atoms with E-state index in [1.165, 1.54) is 0 Å². The molecular weight excluding hydrogens is 416 g/mol. The number of piperidine rings is 1. The normalized spacial score (nSPS) is 15.5. The molecule has 0 unspecified atom stereocenters. The lowest BCUT2D eigenvalue weighted by molar-refractivity contribution is -0.0211. The van der Waals surface area contributed by atoms with Gasteiger partial charge in [-0.15, -0.1) is 0 Å². The van der Waals surface area contributed by atoms with Crippen LogP contribution in [0.3, 0.4) is 0 Å². The summed E-state index contributed by atoms with van der Waals surface area (Å²) in [5.74, 6) is 0.942. The van der Waals surface area contributed by atoms with Gasteiger partial charge in [0.2, 0.25) is 0 Å². The molecule has 0 spiro atoms. The molecule has 31 heavy (non-hydrogen) atoms. The summed E-state index contributed by atoms with van der Waals surface area (Å²) in [6, 6.07) is 14.6. The average Bonchev–Trinajstić information content (AvgIpc) is 3.33. The first-order valence-electron chi connectivity index (χ1n) is 10.1. The minimum atomic E-state index is -0.970. The van der Waals surface area contributed by atoms with Crippen molar-refractivity contribution < 1.29 is 19.4 Å². The molecule has 2 heterocycles. The largest absolute Gasteiger partial charge is 0.493 e. The Labute approximate surface area is 186 Å². The highest BCUT2D eigenvalue weighted by atomic mass is 35.5. The topological polar surface area (TPSA) is 63.9 Å². The molecule has 0 atom stereocenters. The Morgan fingerprint density at radius 3 is 2.16 bits per heavy atom. The van der Waals surface area contributed by atoms with Crippen LogP contribution >= 0.6 is 11.6 Å². The smallest absolute Gasteiger partial charge is 0.256 e. The number of aliphatic hydroxyl groups is 1. The van der Waals surface area contributed by atoms with Crippen LogP contribution in [0.2, 0.25) is 5.02 Å². The molecule has 0 aliphatic carbocycles. The number of hydrogen-bond acceptors (Lipinski definition) is 4. The van der Waals surface area contributed by atoms with Gasteiger partial charge in [-0.2, -0.15) is 0 Å². The fourth-order valence-corrected chi connectivity index (χ4v) is 4.17. The van der Waals surface area contributed by atoms with Gasteiger partial charge in [0, 0.05) is 36.6 Å². The highest BCUT2D eigenvalue weighted by molar-refractivity contribution is 6.30. The molecule has 4 rings (SSSR count). The zero-order chi connectivity index (χ0) is 22.0. The van der Waals surface area contributed by atoms with Crippen LogP contribution in [0.4, 0.5) is 0 Å². The van der Waals surface area contributed by atoms with Crippen LogP contribution in [0, 0.1) is 0 Å². The van der Waals surface area contributed by atoms with Crippen molar-refractivity contribution >= 4 is 17.5 Å². The molecule has 0 radical (unpaired) electrons. The quantitative estimate of drug-likeness (QED) is 0.643. The van der Waals surface area contributed by atoms with Gasteiger partial charge < -0.3 is 24.0 Å². The molecule has 6 nitrogen and oxygen atoms in total. The highest BCUT2D eigenvalue weighted by Gasteiger charge is 2.36. The molecule has 1 amide bonds. The third-order valence-corrected chi connectivity index (χ3v) is 6.13. The third kappa shape index (κ3) is 4.13. The molecule has 1 saturated heterocycles. The zero-order valence-corrected chi connectivity index (χ0v) is 18.3. The SMILES string of the molecule is COc1cc(C(=O)N2CCC(O)(c3ccc(Cl)cc3)CC2)c(-n2cccc2)cc1OC. The van der Waals surface area contributed by atoms with Crippen molar-refractivity contribution in [2.75, 3.05) is 27.3 Å². The van der Waals surface area contributed by atoms with Gasteiger partial charge in [0.1, 0.15) is 0 Å². The summed E-state index contributed by atoms with van der Waals surface area (Å²) in [5.41, 5.74) is 1.09. The number of amides is 1. The lowest BCUT2D eigenvalue weighted by Gasteiger charge is -2.38. The minimum absolute atomic E-state index is 0.109. The second-order valence-electron chi connectivity index (χ2n) is 7.65. The lowest BCUT2D eigenvalue weighted by atomic mass is 9.84. The Kier molecular flexibility index (Phi) is 5.94. The molecule has 162 valence electrons. The summed E-state index contributed by atoms with van der Waals surface area (Å²) < 4.78 is 12.7. The van der Waals surface area contributed by atoms with E-state index in [9.17, 15) is 9.90 Å². The van der Waals surface area contributed by atoms with Gasteiger partial charge in [0.15, 0.2) is 11.5 Å². The number of rotatable bonds is 5. The first-order chi connectivity index (χ1) is 14.9. The van der Waals surface area contributed by atoms with Crippen molar-refractivity contribution in [3.05, 3.63) is 77.1 Å². The fourth-order valence-electron chi connectivity index (χ4n) is 4.05. The maximum Gasteiger partial charge on any atom is 0.256 e. The second kappa shape index (κ2) is 8.65. The van der Waals surface area contributed by atoms with Crippen molar-refractivity contribution in [1.82, 2.24) is 9.47 Å². The van der Waals surface area contributed by atoms with Crippen molar-refractivity contribution in [1.29, 1.82) is 0 Å². The average molecular weight is 441 g/mol.